The fourth-order valence-electron chi connectivity index (χ4n) is 2.14. The molecule has 4 nitrogen and oxygen atoms in total. The Labute approximate surface area is 91.4 Å². The average molecular weight is 211 g/mol. The van der Waals surface area contributed by atoms with Crippen LogP contribution < -0.4 is 10.6 Å². The highest BCUT2D eigenvalue weighted by atomic mass is 16.2. The predicted octanol–water partition coefficient (Wildman–Crippen LogP) is 0.791. The van der Waals surface area contributed by atoms with Crippen molar-refractivity contribution in [2.75, 3.05) is 32.7 Å². The maximum atomic E-state index is 11.7. The van der Waals surface area contributed by atoms with Crippen LogP contribution in [0.15, 0.2) is 0 Å². The van der Waals surface area contributed by atoms with Crippen molar-refractivity contribution in [3.8, 4) is 0 Å². The number of carbonyl (C=O) groups excluding carboxylic acids is 1. The monoisotopic (exact) mass is 211 g/mol. The second-order valence-corrected chi connectivity index (χ2v) is 4.55. The van der Waals surface area contributed by atoms with Crippen LogP contribution in [0.1, 0.15) is 25.7 Å². The molecule has 2 rings (SSSR count). The number of hydrogen-bond acceptors (Lipinski definition) is 2. The highest BCUT2D eigenvalue weighted by Gasteiger charge is 2.18. The molecule has 1 aliphatic heterocycles. The maximum absolute atomic E-state index is 11.7. The quantitative estimate of drug-likeness (QED) is 0.725. The highest BCUT2D eigenvalue weighted by molar-refractivity contribution is 5.74. The Hall–Kier alpha value is -0.770. The molecule has 0 unspecified atom stereocenters. The lowest BCUT2D eigenvalue weighted by atomic mass is 9.83. The minimum absolute atomic E-state index is 0.121. The van der Waals surface area contributed by atoms with Crippen molar-refractivity contribution in [2.45, 2.75) is 25.7 Å². The van der Waals surface area contributed by atoms with Crippen LogP contribution in [0.4, 0.5) is 4.79 Å². The van der Waals surface area contributed by atoms with Crippen LogP contribution in [0.5, 0.6) is 0 Å². The molecule has 2 amide bonds. The van der Waals surface area contributed by atoms with Gasteiger partial charge in [0.2, 0.25) is 0 Å². The molecule has 1 aliphatic carbocycles. The standard InChI is InChI=1S/C11H21N3O/c15-11(14-8-6-12-7-9-14)13-5-4-10-2-1-3-10/h10,12H,1-9H2,(H,13,15). The van der Waals surface area contributed by atoms with Crippen LogP contribution in [-0.2, 0) is 0 Å². The molecule has 2 N–H and O–H groups in total. The number of amides is 2. The van der Waals surface area contributed by atoms with Gasteiger partial charge in [0, 0.05) is 32.7 Å². The smallest absolute Gasteiger partial charge is 0.317 e. The Morgan fingerprint density at radius 2 is 2.07 bits per heavy atom. The van der Waals surface area contributed by atoms with Crippen LogP contribution in [0, 0.1) is 5.92 Å². The second-order valence-electron chi connectivity index (χ2n) is 4.55. The molecular formula is C11H21N3O. The average Bonchev–Trinajstić information content (AvgIpc) is 2.23. The van der Waals surface area contributed by atoms with Crippen molar-refractivity contribution >= 4 is 6.03 Å². The van der Waals surface area contributed by atoms with Gasteiger partial charge < -0.3 is 15.5 Å². The molecule has 0 spiro atoms. The van der Waals surface area contributed by atoms with Gasteiger partial charge in [0.25, 0.3) is 0 Å². The lowest BCUT2D eigenvalue weighted by Crippen LogP contribution is -2.50. The van der Waals surface area contributed by atoms with E-state index in [0.29, 0.717) is 0 Å². The third-order valence-corrected chi connectivity index (χ3v) is 3.46. The molecule has 1 saturated carbocycles. The molecule has 0 aromatic heterocycles. The molecule has 1 saturated heterocycles. The van der Waals surface area contributed by atoms with Gasteiger partial charge in [-0.1, -0.05) is 19.3 Å². The Morgan fingerprint density at radius 1 is 1.33 bits per heavy atom. The van der Waals surface area contributed by atoms with E-state index in [1.54, 1.807) is 0 Å². The normalized spacial score (nSPS) is 22.3. The van der Waals surface area contributed by atoms with Crippen molar-refractivity contribution < 1.29 is 4.79 Å². The Kier molecular flexibility index (Phi) is 3.83. The molecule has 2 aliphatic rings. The SMILES string of the molecule is O=C(NCCC1CCC1)N1CCNCC1. The van der Waals surface area contributed by atoms with Crippen molar-refractivity contribution in [3.05, 3.63) is 0 Å². The first-order chi connectivity index (χ1) is 7.36. The number of carbonyl (C=O) groups is 1. The third-order valence-electron chi connectivity index (χ3n) is 3.46. The van der Waals surface area contributed by atoms with Crippen LogP contribution in [0.2, 0.25) is 0 Å². The van der Waals surface area contributed by atoms with Crippen LogP contribution in [0.25, 0.3) is 0 Å². The van der Waals surface area contributed by atoms with Gasteiger partial charge >= 0.3 is 6.03 Å². The number of hydrogen-bond donors (Lipinski definition) is 2. The molecule has 1 heterocycles. The summed E-state index contributed by atoms with van der Waals surface area (Å²) in [6.45, 7) is 4.39. The number of rotatable bonds is 3. The van der Waals surface area contributed by atoms with Crippen molar-refractivity contribution in [2.24, 2.45) is 5.92 Å². The van der Waals surface area contributed by atoms with E-state index in [9.17, 15) is 4.79 Å². The topological polar surface area (TPSA) is 44.4 Å². The zero-order chi connectivity index (χ0) is 10.5. The summed E-state index contributed by atoms with van der Waals surface area (Å²) in [4.78, 5) is 13.6. The molecule has 0 radical (unpaired) electrons. The summed E-state index contributed by atoms with van der Waals surface area (Å²) >= 11 is 0. The molecule has 0 aromatic carbocycles. The van der Waals surface area contributed by atoms with Gasteiger partial charge in [-0.2, -0.15) is 0 Å². The number of nitrogens with one attached hydrogen (secondary N) is 2. The van der Waals surface area contributed by atoms with Crippen molar-refractivity contribution in [3.63, 3.8) is 0 Å². The van der Waals surface area contributed by atoms with E-state index < -0.39 is 0 Å². The summed E-state index contributed by atoms with van der Waals surface area (Å²) in [7, 11) is 0. The first-order valence-corrected chi connectivity index (χ1v) is 6.10. The van der Waals surface area contributed by atoms with E-state index in [-0.39, 0.29) is 6.03 Å². The van der Waals surface area contributed by atoms with E-state index in [0.717, 1.165) is 45.1 Å². The number of piperazine rings is 1. The first-order valence-electron chi connectivity index (χ1n) is 6.10. The van der Waals surface area contributed by atoms with Crippen LogP contribution >= 0.6 is 0 Å². The number of nitrogens with zero attached hydrogens (tertiary/aromatic N) is 1. The fraction of sp³-hybridized carbons (Fsp3) is 0.909. The zero-order valence-corrected chi connectivity index (χ0v) is 9.30. The van der Waals surface area contributed by atoms with Crippen LogP contribution in [-0.4, -0.2) is 43.7 Å². The Morgan fingerprint density at radius 3 is 2.67 bits per heavy atom. The molecule has 15 heavy (non-hydrogen) atoms. The molecule has 2 fully saturated rings. The largest absolute Gasteiger partial charge is 0.338 e. The van der Waals surface area contributed by atoms with Gasteiger partial charge in [-0.05, 0) is 12.3 Å². The van der Waals surface area contributed by atoms with E-state index in [1.807, 2.05) is 4.90 Å². The van der Waals surface area contributed by atoms with E-state index in [2.05, 4.69) is 10.6 Å². The lowest BCUT2D eigenvalue weighted by molar-refractivity contribution is 0.188. The maximum Gasteiger partial charge on any atom is 0.317 e. The first kappa shape index (κ1) is 10.7. The van der Waals surface area contributed by atoms with Gasteiger partial charge in [-0.25, -0.2) is 4.79 Å². The van der Waals surface area contributed by atoms with Gasteiger partial charge in [0.1, 0.15) is 0 Å². The van der Waals surface area contributed by atoms with Gasteiger partial charge in [-0.3, -0.25) is 0 Å². The summed E-state index contributed by atoms with van der Waals surface area (Å²) in [6, 6.07) is 0.121. The number of urea groups is 1. The molecule has 0 atom stereocenters. The summed E-state index contributed by atoms with van der Waals surface area (Å²) in [5, 5.41) is 6.25. The summed E-state index contributed by atoms with van der Waals surface area (Å²) < 4.78 is 0. The zero-order valence-electron chi connectivity index (χ0n) is 9.30. The lowest BCUT2D eigenvalue weighted by Gasteiger charge is -2.29. The minimum atomic E-state index is 0.121. The van der Waals surface area contributed by atoms with Gasteiger partial charge in [0.15, 0.2) is 0 Å². The Bertz CT molecular complexity index is 210. The van der Waals surface area contributed by atoms with E-state index in [4.69, 9.17) is 0 Å². The third kappa shape index (κ3) is 3.09. The second kappa shape index (κ2) is 5.35. The predicted molar refractivity (Wildman–Crippen MR) is 59.8 cm³/mol. The molecule has 86 valence electrons. The van der Waals surface area contributed by atoms with E-state index in [1.165, 1.54) is 19.3 Å². The Balaban J connectivity index is 1.58. The molecular weight excluding hydrogens is 190 g/mol. The fourth-order valence-corrected chi connectivity index (χ4v) is 2.14. The molecule has 0 bridgehead atoms. The highest BCUT2D eigenvalue weighted by Crippen LogP contribution is 2.28. The van der Waals surface area contributed by atoms with Gasteiger partial charge in [0.05, 0.1) is 0 Å². The minimum Gasteiger partial charge on any atom is -0.338 e. The van der Waals surface area contributed by atoms with Gasteiger partial charge in [-0.15, -0.1) is 0 Å². The van der Waals surface area contributed by atoms with E-state index >= 15 is 0 Å². The molecule has 0 aromatic rings. The summed E-state index contributed by atoms with van der Waals surface area (Å²) in [5.74, 6) is 0.883. The van der Waals surface area contributed by atoms with Crippen molar-refractivity contribution in [1.29, 1.82) is 0 Å². The molecule has 4 heteroatoms. The summed E-state index contributed by atoms with van der Waals surface area (Å²) in [5.41, 5.74) is 0. The van der Waals surface area contributed by atoms with Crippen LogP contribution in [0.3, 0.4) is 0 Å². The van der Waals surface area contributed by atoms with Crippen molar-refractivity contribution in [1.82, 2.24) is 15.5 Å². The summed E-state index contributed by atoms with van der Waals surface area (Å²) in [6.07, 6.45) is 5.28.